The minimum absolute atomic E-state index is 0.0520. The van der Waals surface area contributed by atoms with Crippen molar-refractivity contribution in [3.05, 3.63) is 34.6 Å². The van der Waals surface area contributed by atoms with E-state index < -0.39 is 5.97 Å². The molecule has 7 heteroatoms. The van der Waals surface area contributed by atoms with Crippen LogP contribution < -0.4 is 0 Å². The number of fused-ring (bicyclic) bond motifs is 1. The predicted molar refractivity (Wildman–Crippen MR) is 65.1 cm³/mol. The van der Waals surface area contributed by atoms with E-state index >= 15 is 0 Å². The van der Waals surface area contributed by atoms with Crippen molar-refractivity contribution in [2.24, 2.45) is 0 Å². The zero-order valence-electron chi connectivity index (χ0n) is 9.38. The summed E-state index contributed by atoms with van der Waals surface area (Å²) in [5.41, 5.74) is 2.28. The molecule has 92 valence electrons. The number of hydrogen-bond donors (Lipinski definition) is 2. The van der Waals surface area contributed by atoms with E-state index in [1.54, 1.807) is 12.3 Å². The van der Waals surface area contributed by atoms with Gasteiger partial charge in [0.15, 0.2) is 0 Å². The normalized spacial score (nSPS) is 24.5. The van der Waals surface area contributed by atoms with Gasteiger partial charge < -0.3 is 5.11 Å². The molecule has 0 unspecified atom stereocenters. The molecule has 3 rings (SSSR count). The lowest BCUT2D eigenvalue weighted by molar-refractivity contribution is -0.141. The molecular weight excluding hydrogens is 254 g/mol. The van der Waals surface area contributed by atoms with Gasteiger partial charge in [0.25, 0.3) is 5.91 Å². The molecule has 0 saturated carbocycles. The van der Waals surface area contributed by atoms with Gasteiger partial charge in [-0.1, -0.05) is 0 Å². The van der Waals surface area contributed by atoms with Crippen LogP contribution in [0.2, 0.25) is 0 Å². The largest absolute Gasteiger partial charge is 0.477 e. The minimum Gasteiger partial charge on any atom is -0.477 e. The standard InChI is InChI=1S/C11H9N3O3S/c1-5(6-2-3-12-13-6)8-9(15)14-7(11(16)17)4-18-10(8)14/h2-4,10H,1H3,(H,12,13)(H,16,17)/t10-/m0/s1. The summed E-state index contributed by atoms with van der Waals surface area (Å²) < 4.78 is 0. The number of amides is 1. The van der Waals surface area contributed by atoms with E-state index in [1.807, 2.05) is 6.92 Å². The number of β-lactam (4-membered cyclic amide) rings is 1. The smallest absolute Gasteiger partial charge is 0.353 e. The number of nitrogens with zero attached hydrogens (tertiary/aromatic N) is 2. The van der Waals surface area contributed by atoms with Crippen LogP contribution in [0.4, 0.5) is 0 Å². The third kappa shape index (κ3) is 1.34. The fraction of sp³-hybridized carbons (Fsp3) is 0.182. The number of thioether (sulfide) groups is 1. The second-order valence-corrected chi connectivity index (χ2v) is 4.94. The summed E-state index contributed by atoms with van der Waals surface area (Å²) >= 11 is 1.34. The van der Waals surface area contributed by atoms with Crippen molar-refractivity contribution in [1.82, 2.24) is 15.1 Å². The number of carbonyl (C=O) groups excluding carboxylic acids is 1. The van der Waals surface area contributed by atoms with Gasteiger partial charge in [0.2, 0.25) is 0 Å². The van der Waals surface area contributed by atoms with Crippen LogP contribution in [0.3, 0.4) is 0 Å². The Hall–Kier alpha value is -2.02. The van der Waals surface area contributed by atoms with Crippen molar-refractivity contribution >= 4 is 29.2 Å². The van der Waals surface area contributed by atoms with Crippen molar-refractivity contribution in [3.63, 3.8) is 0 Å². The van der Waals surface area contributed by atoms with Crippen LogP contribution in [0.25, 0.3) is 5.57 Å². The molecule has 1 fully saturated rings. The Bertz CT molecular complexity index is 603. The number of hydrogen-bond acceptors (Lipinski definition) is 4. The quantitative estimate of drug-likeness (QED) is 0.614. The SMILES string of the molecule is CC(=C1C(=O)N2C(C(=O)O)=CS[C@@H]12)c1ccn[nH]1. The fourth-order valence-electron chi connectivity index (χ4n) is 2.06. The van der Waals surface area contributed by atoms with E-state index in [9.17, 15) is 9.59 Å². The average Bonchev–Trinajstić information content (AvgIpc) is 2.95. The van der Waals surface area contributed by atoms with Gasteiger partial charge >= 0.3 is 5.97 Å². The Morgan fingerprint density at radius 3 is 3.00 bits per heavy atom. The van der Waals surface area contributed by atoms with Crippen LogP contribution in [0, 0.1) is 0 Å². The summed E-state index contributed by atoms with van der Waals surface area (Å²) in [5.74, 6) is -1.32. The molecule has 0 bridgehead atoms. The summed E-state index contributed by atoms with van der Waals surface area (Å²) in [7, 11) is 0. The van der Waals surface area contributed by atoms with Gasteiger partial charge in [0.05, 0.1) is 11.3 Å². The summed E-state index contributed by atoms with van der Waals surface area (Å²) in [6.45, 7) is 1.83. The van der Waals surface area contributed by atoms with E-state index in [0.717, 1.165) is 11.3 Å². The van der Waals surface area contributed by atoms with Crippen LogP contribution in [-0.2, 0) is 9.59 Å². The van der Waals surface area contributed by atoms with Crippen molar-refractivity contribution in [1.29, 1.82) is 0 Å². The van der Waals surface area contributed by atoms with E-state index in [0.29, 0.717) is 5.57 Å². The third-order valence-corrected chi connectivity index (χ3v) is 4.09. The first-order valence-corrected chi connectivity index (χ1v) is 6.18. The molecule has 1 atom stereocenters. The molecule has 18 heavy (non-hydrogen) atoms. The highest BCUT2D eigenvalue weighted by Crippen LogP contribution is 2.46. The second-order valence-electron chi connectivity index (χ2n) is 3.98. The Morgan fingerprint density at radius 1 is 1.61 bits per heavy atom. The summed E-state index contributed by atoms with van der Waals surface area (Å²) in [6, 6.07) is 1.78. The highest BCUT2D eigenvalue weighted by Gasteiger charge is 2.50. The first-order chi connectivity index (χ1) is 8.61. The summed E-state index contributed by atoms with van der Waals surface area (Å²) in [6.07, 6.45) is 1.61. The maximum atomic E-state index is 12.0. The van der Waals surface area contributed by atoms with Crippen molar-refractivity contribution in [3.8, 4) is 0 Å². The number of aromatic amines is 1. The van der Waals surface area contributed by atoms with Crippen LogP contribution in [0.15, 0.2) is 28.9 Å². The van der Waals surface area contributed by atoms with Gasteiger partial charge in [-0.15, -0.1) is 11.8 Å². The number of carboxylic acid groups (broad SMARTS) is 1. The third-order valence-electron chi connectivity index (χ3n) is 3.03. The molecular formula is C11H9N3O3S. The second kappa shape index (κ2) is 3.74. The molecule has 6 nitrogen and oxygen atoms in total. The van der Waals surface area contributed by atoms with Crippen LogP contribution in [-0.4, -0.2) is 37.5 Å². The van der Waals surface area contributed by atoms with E-state index in [-0.39, 0.29) is 17.0 Å². The Morgan fingerprint density at radius 2 is 2.39 bits per heavy atom. The molecule has 0 aliphatic carbocycles. The monoisotopic (exact) mass is 263 g/mol. The highest BCUT2D eigenvalue weighted by molar-refractivity contribution is 8.03. The summed E-state index contributed by atoms with van der Waals surface area (Å²) in [4.78, 5) is 24.3. The van der Waals surface area contributed by atoms with Gasteiger partial charge in [-0.3, -0.25) is 14.8 Å². The maximum Gasteiger partial charge on any atom is 0.353 e. The zero-order valence-corrected chi connectivity index (χ0v) is 10.2. The molecule has 2 aliphatic rings. The first kappa shape index (κ1) is 11.1. The van der Waals surface area contributed by atoms with E-state index in [4.69, 9.17) is 5.11 Å². The number of aromatic nitrogens is 2. The topological polar surface area (TPSA) is 86.3 Å². The average molecular weight is 263 g/mol. The molecule has 0 radical (unpaired) electrons. The molecule has 1 aromatic heterocycles. The predicted octanol–water partition coefficient (Wildman–Crippen LogP) is 1.02. The molecule has 1 aromatic rings. The molecule has 3 heterocycles. The molecule has 1 amide bonds. The van der Waals surface area contributed by atoms with Gasteiger partial charge in [-0.25, -0.2) is 4.79 Å². The van der Waals surface area contributed by atoms with Crippen LogP contribution in [0.5, 0.6) is 0 Å². The van der Waals surface area contributed by atoms with Crippen molar-refractivity contribution < 1.29 is 14.7 Å². The Kier molecular flexibility index (Phi) is 2.30. The number of aliphatic carboxylic acids is 1. The number of carbonyl (C=O) groups is 2. The van der Waals surface area contributed by atoms with Gasteiger partial charge in [0, 0.05) is 11.6 Å². The van der Waals surface area contributed by atoms with Gasteiger partial charge in [-0.2, -0.15) is 5.10 Å². The number of carboxylic acids is 1. The minimum atomic E-state index is -1.07. The van der Waals surface area contributed by atoms with E-state index in [1.165, 1.54) is 22.1 Å². The number of rotatable bonds is 2. The van der Waals surface area contributed by atoms with Gasteiger partial charge in [-0.05, 0) is 18.6 Å². The highest BCUT2D eigenvalue weighted by atomic mass is 32.2. The van der Waals surface area contributed by atoms with Crippen LogP contribution >= 0.6 is 11.8 Å². The van der Waals surface area contributed by atoms with Gasteiger partial charge in [0.1, 0.15) is 11.1 Å². The lowest BCUT2D eigenvalue weighted by Crippen LogP contribution is -2.51. The molecule has 1 saturated heterocycles. The Labute approximate surface area is 106 Å². The van der Waals surface area contributed by atoms with Crippen molar-refractivity contribution in [2.45, 2.75) is 12.3 Å². The number of nitrogens with one attached hydrogen (secondary N) is 1. The lowest BCUT2D eigenvalue weighted by atomic mass is 9.97. The molecule has 0 aromatic carbocycles. The fourth-order valence-corrected chi connectivity index (χ4v) is 3.28. The zero-order chi connectivity index (χ0) is 12.9. The Balaban J connectivity index is 1.95. The van der Waals surface area contributed by atoms with Crippen LogP contribution in [0.1, 0.15) is 12.6 Å². The summed E-state index contributed by atoms with van der Waals surface area (Å²) in [5, 5.41) is 16.9. The molecule has 2 aliphatic heterocycles. The molecule has 0 spiro atoms. The lowest BCUT2D eigenvalue weighted by Gasteiger charge is -2.38. The van der Waals surface area contributed by atoms with Crippen molar-refractivity contribution in [2.75, 3.05) is 0 Å². The number of allylic oxidation sites excluding steroid dienone is 1. The first-order valence-electron chi connectivity index (χ1n) is 5.24. The van der Waals surface area contributed by atoms with E-state index in [2.05, 4.69) is 10.2 Å². The molecule has 2 N–H and O–H groups in total. The number of H-pyrrole nitrogens is 1. The maximum absolute atomic E-state index is 12.0.